The number of hydrogen-bond acceptors (Lipinski definition) is 3. The van der Waals surface area contributed by atoms with E-state index in [-0.39, 0.29) is 0 Å². The summed E-state index contributed by atoms with van der Waals surface area (Å²) in [6, 6.07) is 16.2. The van der Waals surface area contributed by atoms with Gasteiger partial charge in [0.15, 0.2) is 0 Å². The smallest absolute Gasteiger partial charge is 0.134 e. The molecule has 1 heterocycles. The fourth-order valence-corrected chi connectivity index (χ4v) is 2.87. The molecule has 0 atom stereocenters. The number of hydrogen-bond donors (Lipinski definition) is 1. The van der Waals surface area contributed by atoms with Crippen LogP contribution in [-0.2, 0) is 6.61 Å². The van der Waals surface area contributed by atoms with Gasteiger partial charge in [0.2, 0.25) is 0 Å². The Labute approximate surface area is 132 Å². The highest BCUT2D eigenvalue weighted by Gasteiger charge is 2.08. The summed E-state index contributed by atoms with van der Waals surface area (Å²) in [6.07, 6.45) is 1.77. The van der Waals surface area contributed by atoms with Crippen LogP contribution in [0.2, 0.25) is 0 Å². The van der Waals surface area contributed by atoms with E-state index >= 15 is 0 Å². The normalized spacial score (nSPS) is 10.6. The summed E-state index contributed by atoms with van der Waals surface area (Å²) >= 11 is 3.63. The first kappa shape index (κ1) is 13.9. The summed E-state index contributed by atoms with van der Waals surface area (Å²) in [7, 11) is 1.86. The van der Waals surface area contributed by atoms with E-state index < -0.39 is 0 Å². The van der Waals surface area contributed by atoms with Gasteiger partial charge in [-0.15, -0.1) is 0 Å². The number of halogens is 1. The Kier molecular flexibility index (Phi) is 4.06. The Morgan fingerprint density at radius 3 is 2.81 bits per heavy atom. The zero-order chi connectivity index (χ0) is 14.7. The Balaban J connectivity index is 1.87. The van der Waals surface area contributed by atoms with E-state index in [1.807, 2.05) is 37.4 Å². The van der Waals surface area contributed by atoms with Crippen LogP contribution in [0.25, 0.3) is 10.8 Å². The van der Waals surface area contributed by atoms with Gasteiger partial charge >= 0.3 is 0 Å². The van der Waals surface area contributed by atoms with Crippen molar-refractivity contribution in [3.05, 3.63) is 64.8 Å². The number of benzene rings is 2. The summed E-state index contributed by atoms with van der Waals surface area (Å²) in [5.74, 6) is 1.68. The van der Waals surface area contributed by atoms with E-state index in [4.69, 9.17) is 4.74 Å². The molecule has 0 radical (unpaired) electrons. The van der Waals surface area contributed by atoms with Gasteiger partial charge in [0.25, 0.3) is 0 Å². The average Bonchev–Trinajstić information content (AvgIpc) is 2.55. The average molecular weight is 343 g/mol. The van der Waals surface area contributed by atoms with E-state index in [2.05, 4.69) is 44.4 Å². The van der Waals surface area contributed by atoms with Gasteiger partial charge < -0.3 is 10.1 Å². The minimum atomic E-state index is 0.473. The van der Waals surface area contributed by atoms with E-state index in [1.54, 1.807) is 6.20 Å². The van der Waals surface area contributed by atoms with Crippen molar-refractivity contribution >= 4 is 32.5 Å². The largest absolute Gasteiger partial charge is 0.488 e. The zero-order valence-corrected chi connectivity index (χ0v) is 13.2. The summed E-state index contributed by atoms with van der Waals surface area (Å²) in [4.78, 5) is 4.28. The lowest BCUT2D eigenvalue weighted by Crippen LogP contribution is -2.02. The molecule has 0 aliphatic carbocycles. The molecule has 0 saturated heterocycles. The molecule has 0 aliphatic heterocycles. The van der Waals surface area contributed by atoms with Crippen molar-refractivity contribution in [2.75, 3.05) is 12.4 Å². The lowest BCUT2D eigenvalue weighted by atomic mass is 10.1. The van der Waals surface area contributed by atoms with Crippen LogP contribution in [0.3, 0.4) is 0 Å². The molecule has 21 heavy (non-hydrogen) atoms. The SMILES string of the molecule is CNc1ncccc1COc1ccc2ccccc2c1Br. The minimum Gasteiger partial charge on any atom is -0.488 e. The third-order valence-corrected chi connectivity index (χ3v) is 4.16. The van der Waals surface area contributed by atoms with Crippen LogP contribution in [0, 0.1) is 0 Å². The van der Waals surface area contributed by atoms with Crippen molar-refractivity contribution in [3.63, 3.8) is 0 Å². The fraction of sp³-hybridized carbons (Fsp3) is 0.118. The van der Waals surface area contributed by atoms with Crippen LogP contribution in [0.4, 0.5) is 5.82 Å². The molecule has 106 valence electrons. The third-order valence-electron chi connectivity index (χ3n) is 3.34. The molecular formula is C17H15BrN2O. The molecule has 0 saturated carbocycles. The highest BCUT2D eigenvalue weighted by Crippen LogP contribution is 2.33. The van der Waals surface area contributed by atoms with Crippen molar-refractivity contribution in [1.82, 2.24) is 4.98 Å². The van der Waals surface area contributed by atoms with Crippen molar-refractivity contribution in [2.24, 2.45) is 0 Å². The van der Waals surface area contributed by atoms with Gasteiger partial charge in [0.1, 0.15) is 18.2 Å². The predicted molar refractivity (Wildman–Crippen MR) is 89.8 cm³/mol. The molecule has 2 aromatic carbocycles. The van der Waals surface area contributed by atoms with Crippen molar-refractivity contribution in [3.8, 4) is 5.75 Å². The van der Waals surface area contributed by atoms with Gasteiger partial charge in [-0.1, -0.05) is 36.4 Å². The number of aromatic nitrogens is 1. The molecule has 0 fully saturated rings. The standard InChI is InChI=1S/C17H15BrN2O/c1-19-17-13(6-4-10-20-17)11-21-15-9-8-12-5-2-3-7-14(12)16(15)18/h2-10H,11H2,1H3,(H,19,20). The van der Waals surface area contributed by atoms with Crippen molar-refractivity contribution in [2.45, 2.75) is 6.61 Å². The summed E-state index contributed by atoms with van der Waals surface area (Å²) in [6.45, 7) is 0.473. The fourth-order valence-electron chi connectivity index (χ4n) is 2.26. The molecule has 0 spiro atoms. The Hall–Kier alpha value is -2.07. The van der Waals surface area contributed by atoms with Crippen LogP contribution >= 0.6 is 15.9 Å². The second kappa shape index (κ2) is 6.14. The van der Waals surface area contributed by atoms with E-state index in [1.165, 1.54) is 5.39 Å². The molecule has 0 unspecified atom stereocenters. The van der Waals surface area contributed by atoms with Gasteiger partial charge in [0.05, 0.1) is 4.47 Å². The first-order valence-electron chi connectivity index (χ1n) is 6.71. The molecule has 3 aromatic rings. The molecule has 4 heteroatoms. The molecule has 0 amide bonds. The molecule has 0 aliphatic rings. The molecule has 0 bridgehead atoms. The lowest BCUT2D eigenvalue weighted by Gasteiger charge is -2.12. The summed E-state index contributed by atoms with van der Waals surface area (Å²) < 4.78 is 6.93. The second-order valence-corrected chi connectivity index (χ2v) is 5.44. The third kappa shape index (κ3) is 2.85. The van der Waals surface area contributed by atoms with Gasteiger partial charge in [-0.3, -0.25) is 0 Å². The Morgan fingerprint density at radius 2 is 1.95 bits per heavy atom. The van der Waals surface area contributed by atoms with Gasteiger partial charge in [-0.2, -0.15) is 0 Å². The van der Waals surface area contributed by atoms with Crippen LogP contribution in [0.1, 0.15) is 5.56 Å². The van der Waals surface area contributed by atoms with E-state index in [0.717, 1.165) is 27.0 Å². The number of nitrogens with one attached hydrogen (secondary N) is 1. The first-order chi connectivity index (χ1) is 10.3. The monoisotopic (exact) mass is 342 g/mol. The summed E-state index contributed by atoms with van der Waals surface area (Å²) in [5, 5.41) is 5.41. The Morgan fingerprint density at radius 1 is 1.10 bits per heavy atom. The maximum absolute atomic E-state index is 5.95. The van der Waals surface area contributed by atoms with Gasteiger partial charge in [-0.25, -0.2) is 4.98 Å². The van der Waals surface area contributed by atoms with E-state index in [9.17, 15) is 0 Å². The molecule has 1 aromatic heterocycles. The number of rotatable bonds is 4. The maximum Gasteiger partial charge on any atom is 0.134 e. The van der Waals surface area contributed by atoms with Crippen LogP contribution < -0.4 is 10.1 Å². The van der Waals surface area contributed by atoms with E-state index in [0.29, 0.717) is 6.61 Å². The second-order valence-electron chi connectivity index (χ2n) is 4.65. The zero-order valence-electron chi connectivity index (χ0n) is 11.6. The number of pyridine rings is 1. The number of anilines is 1. The number of fused-ring (bicyclic) bond motifs is 1. The Bertz CT molecular complexity index is 774. The highest BCUT2D eigenvalue weighted by atomic mass is 79.9. The number of ether oxygens (including phenoxy) is 1. The van der Waals surface area contributed by atoms with Crippen molar-refractivity contribution < 1.29 is 4.74 Å². The van der Waals surface area contributed by atoms with Crippen LogP contribution in [-0.4, -0.2) is 12.0 Å². The topological polar surface area (TPSA) is 34.2 Å². The lowest BCUT2D eigenvalue weighted by molar-refractivity contribution is 0.305. The molecule has 1 N–H and O–H groups in total. The molecular weight excluding hydrogens is 328 g/mol. The van der Waals surface area contributed by atoms with Crippen LogP contribution in [0.15, 0.2) is 59.2 Å². The minimum absolute atomic E-state index is 0.473. The number of nitrogens with zero attached hydrogens (tertiary/aromatic N) is 1. The van der Waals surface area contributed by atoms with Crippen LogP contribution in [0.5, 0.6) is 5.75 Å². The van der Waals surface area contributed by atoms with Crippen molar-refractivity contribution in [1.29, 1.82) is 0 Å². The maximum atomic E-state index is 5.95. The predicted octanol–water partition coefficient (Wildman–Crippen LogP) is 4.62. The quantitative estimate of drug-likeness (QED) is 0.751. The molecule has 3 rings (SSSR count). The summed E-state index contributed by atoms with van der Waals surface area (Å²) in [5.41, 5.74) is 1.03. The van der Waals surface area contributed by atoms with Gasteiger partial charge in [0, 0.05) is 18.8 Å². The molecule has 3 nitrogen and oxygen atoms in total. The van der Waals surface area contributed by atoms with Gasteiger partial charge in [-0.05, 0) is 38.8 Å². The highest BCUT2D eigenvalue weighted by molar-refractivity contribution is 9.10. The first-order valence-corrected chi connectivity index (χ1v) is 7.50.